The quantitative estimate of drug-likeness (QED) is 0.539. The summed E-state index contributed by atoms with van der Waals surface area (Å²) in [6.07, 6.45) is 2.50. The molecule has 0 fully saturated rings. The Labute approximate surface area is 129 Å². The lowest BCUT2D eigenvalue weighted by molar-refractivity contribution is 0.242. The summed E-state index contributed by atoms with van der Waals surface area (Å²) < 4.78 is 5.69. The second kappa shape index (κ2) is 8.78. The average molecular weight is 293 g/mol. The number of nitrogen functional groups attached to an aromatic ring is 1. The highest BCUT2D eigenvalue weighted by Crippen LogP contribution is 2.23. The Kier molecular flexibility index (Phi) is 7.37. The molecular weight excluding hydrogens is 262 g/mol. The highest BCUT2D eigenvalue weighted by atomic mass is 16.5. The molecular formula is C17H31N3O. The maximum Gasteiger partial charge on any atom is 0.123 e. The molecule has 3 N–H and O–H groups in total. The van der Waals surface area contributed by atoms with Crippen molar-refractivity contribution in [1.82, 2.24) is 4.90 Å². The number of ether oxygens (including phenoxy) is 1. The van der Waals surface area contributed by atoms with Crippen LogP contribution in [0.4, 0.5) is 11.4 Å². The minimum Gasteiger partial charge on any atom is -0.491 e. The standard InChI is InChI=1S/C17H31N3O/c1-13(2)20(5)9-7-6-8-19-16-10-15(18)11-17(12-16)21-14(3)4/h10-14,19H,6-9,18H2,1-5H3. The van der Waals surface area contributed by atoms with E-state index in [9.17, 15) is 0 Å². The minimum atomic E-state index is 0.159. The first kappa shape index (κ1) is 17.6. The zero-order valence-electron chi connectivity index (χ0n) is 14.1. The van der Waals surface area contributed by atoms with Crippen LogP contribution in [-0.2, 0) is 0 Å². The number of rotatable bonds is 9. The van der Waals surface area contributed by atoms with Crippen molar-refractivity contribution in [3.8, 4) is 5.75 Å². The van der Waals surface area contributed by atoms with Crippen LogP contribution in [0.25, 0.3) is 0 Å². The van der Waals surface area contributed by atoms with Crippen molar-refractivity contribution in [2.45, 2.75) is 52.7 Å². The number of nitrogens with two attached hydrogens (primary N) is 1. The van der Waals surface area contributed by atoms with Crippen LogP contribution in [0.3, 0.4) is 0 Å². The van der Waals surface area contributed by atoms with Crippen molar-refractivity contribution < 1.29 is 4.74 Å². The number of anilines is 2. The van der Waals surface area contributed by atoms with E-state index in [2.05, 4.69) is 31.1 Å². The van der Waals surface area contributed by atoms with Gasteiger partial charge < -0.3 is 20.7 Å². The summed E-state index contributed by atoms with van der Waals surface area (Å²) in [7, 11) is 2.17. The van der Waals surface area contributed by atoms with Gasteiger partial charge in [0.15, 0.2) is 0 Å². The highest BCUT2D eigenvalue weighted by Gasteiger charge is 2.03. The van der Waals surface area contributed by atoms with Crippen molar-refractivity contribution >= 4 is 11.4 Å². The molecule has 0 heterocycles. The monoisotopic (exact) mass is 293 g/mol. The van der Waals surface area contributed by atoms with Crippen molar-refractivity contribution in [2.24, 2.45) is 0 Å². The molecule has 0 aliphatic rings. The molecule has 1 aromatic carbocycles. The van der Waals surface area contributed by atoms with E-state index in [1.807, 2.05) is 32.0 Å². The van der Waals surface area contributed by atoms with E-state index in [1.54, 1.807) is 0 Å². The second-order valence-electron chi connectivity index (χ2n) is 6.17. The lowest BCUT2D eigenvalue weighted by atomic mass is 10.2. The third-order valence-corrected chi connectivity index (χ3v) is 3.45. The SMILES string of the molecule is CC(C)Oc1cc(N)cc(NCCCCN(C)C(C)C)c1. The van der Waals surface area contributed by atoms with Crippen LogP contribution >= 0.6 is 0 Å². The van der Waals surface area contributed by atoms with Gasteiger partial charge >= 0.3 is 0 Å². The molecule has 4 heteroatoms. The van der Waals surface area contributed by atoms with Crippen molar-refractivity contribution in [3.63, 3.8) is 0 Å². The summed E-state index contributed by atoms with van der Waals surface area (Å²) in [6, 6.07) is 6.44. The van der Waals surface area contributed by atoms with Gasteiger partial charge in [0.05, 0.1) is 6.10 Å². The fourth-order valence-electron chi connectivity index (χ4n) is 2.04. The molecule has 4 nitrogen and oxygen atoms in total. The number of nitrogens with zero attached hydrogens (tertiary/aromatic N) is 1. The molecule has 1 rings (SSSR count). The predicted octanol–water partition coefficient (Wildman–Crippen LogP) is 3.59. The number of hydrogen-bond donors (Lipinski definition) is 2. The molecule has 21 heavy (non-hydrogen) atoms. The molecule has 0 unspecified atom stereocenters. The fourth-order valence-corrected chi connectivity index (χ4v) is 2.04. The van der Waals surface area contributed by atoms with Gasteiger partial charge in [-0.1, -0.05) is 0 Å². The number of unbranched alkanes of at least 4 members (excludes halogenated alkanes) is 1. The smallest absolute Gasteiger partial charge is 0.123 e. The molecule has 0 bridgehead atoms. The van der Waals surface area contributed by atoms with Gasteiger partial charge in [0.25, 0.3) is 0 Å². The van der Waals surface area contributed by atoms with E-state index >= 15 is 0 Å². The van der Waals surface area contributed by atoms with Gasteiger partial charge in [-0.05, 0) is 60.2 Å². The predicted molar refractivity (Wildman–Crippen MR) is 92.1 cm³/mol. The number of hydrogen-bond acceptors (Lipinski definition) is 4. The highest BCUT2D eigenvalue weighted by molar-refractivity contribution is 5.59. The van der Waals surface area contributed by atoms with Crippen LogP contribution in [0.2, 0.25) is 0 Å². The van der Waals surface area contributed by atoms with Crippen molar-refractivity contribution in [2.75, 3.05) is 31.2 Å². The van der Waals surface area contributed by atoms with Crippen LogP contribution in [0.15, 0.2) is 18.2 Å². The van der Waals surface area contributed by atoms with Crippen molar-refractivity contribution in [1.29, 1.82) is 0 Å². The number of benzene rings is 1. The van der Waals surface area contributed by atoms with Crippen molar-refractivity contribution in [3.05, 3.63) is 18.2 Å². The Morgan fingerprint density at radius 3 is 2.48 bits per heavy atom. The molecule has 0 spiro atoms. The average Bonchev–Trinajstić information content (AvgIpc) is 2.36. The molecule has 1 aromatic rings. The van der Waals surface area contributed by atoms with Crippen LogP contribution in [-0.4, -0.2) is 37.2 Å². The fraction of sp³-hybridized carbons (Fsp3) is 0.647. The van der Waals surface area contributed by atoms with E-state index in [0.29, 0.717) is 6.04 Å². The summed E-state index contributed by atoms with van der Waals surface area (Å²) in [5, 5.41) is 3.42. The molecule has 0 saturated carbocycles. The first-order chi connectivity index (χ1) is 9.88. The Balaban J connectivity index is 2.36. The lowest BCUT2D eigenvalue weighted by Gasteiger charge is -2.20. The third kappa shape index (κ3) is 7.23. The van der Waals surface area contributed by atoms with Gasteiger partial charge in [0, 0.05) is 36.1 Å². The third-order valence-electron chi connectivity index (χ3n) is 3.45. The lowest BCUT2D eigenvalue weighted by Crippen LogP contribution is -2.27. The Morgan fingerprint density at radius 2 is 1.86 bits per heavy atom. The van der Waals surface area contributed by atoms with Gasteiger partial charge in [0.1, 0.15) is 5.75 Å². The topological polar surface area (TPSA) is 50.5 Å². The summed E-state index contributed by atoms with van der Waals surface area (Å²) in [5.74, 6) is 0.826. The van der Waals surface area contributed by atoms with Crippen LogP contribution in [0.1, 0.15) is 40.5 Å². The second-order valence-corrected chi connectivity index (χ2v) is 6.17. The first-order valence-electron chi connectivity index (χ1n) is 7.90. The van der Waals surface area contributed by atoms with E-state index in [1.165, 1.54) is 6.42 Å². The van der Waals surface area contributed by atoms with Gasteiger partial charge in [-0.25, -0.2) is 0 Å². The number of nitrogens with one attached hydrogen (secondary N) is 1. The Bertz CT molecular complexity index is 418. The maximum absolute atomic E-state index is 5.91. The Morgan fingerprint density at radius 1 is 1.14 bits per heavy atom. The molecule has 0 radical (unpaired) electrons. The normalized spacial score (nSPS) is 11.4. The molecule has 0 amide bonds. The van der Waals surface area contributed by atoms with Gasteiger partial charge in [0.2, 0.25) is 0 Å². The molecule has 0 aliphatic carbocycles. The molecule has 0 aliphatic heterocycles. The van der Waals surface area contributed by atoms with Crippen LogP contribution in [0.5, 0.6) is 5.75 Å². The van der Waals surface area contributed by atoms with E-state index in [0.717, 1.165) is 36.6 Å². The van der Waals surface area contributed by atoms with Crippen LogP contribution < -0.4 is 15.8 Å². The van der Waals surface area contributed by atoms with E-state index in [4.69, 9.17) is 10.5 Å². The molecule has 0 saturated heterocycles. The minimum absolute atomic E-state index is 0.159. The van der Waals surface area contributed by atoms with Gasteiger partial charge in [-0.15, -0.1) is 0 Å². The van der Waals surface area contributed by atoms with Gasteiger partial charge in [-0.2, -0.15) is 0 Å². The molecule has 0 aromatic heterocycles. The zero-order valence-corrected chi connectivity index (χ0v) is 14.1. The maximum atomic E-state index is 5.91. The summed E-state index contributed by atoms with van der Waals surface area (Å²) in [6.45, 7) is 10.6. The van der Waals surface area contributed by atoms with Gasteiger partial charge in [-0.3, -0.25) is 0 Å². The summed E-state index contributed by atoms with van der Waals surface area (Å²) >= 11 is 0. The van der Waals surface area contributed by atoms with E-state index in [-0.39, 0.29) is 6.10 Å². The zero-order chi connectivity index (χ0) is 15.8. The Hall–Kier alpha value is -1.42. The first-order valence-corrected chi connectivity index (χ1v) is 7.90. The summed E-state index contributed by atoms with van der Waals surface area (Å²) in [5.41, 5.74) is 7.67. The van der Waals surface area contributed by atoms with Crippen LogP contribution in [0, 0.1) is 0 Å². The summed E-state index contributed by atoms with van der Waals surface area (Å²) in [4.78, 5) is 2.37. The molecule has 0 atom stereocenters. The molecule has 120 valence electrons. The largest absolute Gasteiger partial charge is 0.491 e. The van der Waals surface area contributed by atoms with E-state index < -0.39 is 0 Å².